The molecule has 4 nitrogen and oxygen atoms in total. The maximum absolute atomic E-state index is 10.9. The Morgan fingerprint density at radius 1 is 0.759 bits per heavy atom. The highest BCUT2D eigenvalue weighted by Gasteiger charge is 2.14. The fourth-order valence-electron chi connectivity index (χ4n) is 3.96. The van der Waals surface area contributed by atoms with Gasteiger partial charge in [0.1, 0.15) is 22.5 Å². The van der Waals surface area contributed by atoms with Gasteiger partial charge < -0.3 is 5.11 Å². The third kappa shape index (κ3) is 5.81. The van der Waals surface area contributed by atoms with Crippen LogP contribution in [0.2, 0.25) is 0 Å². The van der Waals surface area contributed by atoms with Gasteiger partial charge in [0, 0.05) is 0 Å². The van der Waals surface area contributed by atoms with Crippen LogP contribution in [0.1, 0.15) is 82.3 Å². The molecule has 1 N–H and O–H groups in total. The van der Waals surface area contributed by atoms with Gasteiger partial charge in [-0.3, -0.25) is 0 Å². The zero-order chi connectivity index (χ0) is 20.5. The Labute approximate surface area is 175 Å². The van der Waals surface area contributed by atoms with Gasteiger partial charge in [0.25, 0.3) is 0 Å². The van der Waals surface area contributed by atoms with Crippen molar-refractivity contribution in [3.8, 4) is 11.4 Å². The summed E-state index contributed by atoms with van der Waals surface area (Å²) in [5.74, 6) is 0.321. The van der Waals surface area contributed by atoms with Crippen LogP contribution in [0.3, 0.4) is 0 Å². The average molecular weight is 394 g/mol. The van der Waals surface area contributed by atoms with E-state index < -0.39 is 0 Å². The topological polar surface area (TPSA) is 50.9 Å². The molecular weight excluding hydrogens is 358 g/mol. The monoisotopic (exact) mass is 393 g/mol. The van der Waals surface area contributed by atoms with Gasteiger partial charge in [-0.05, 0) is 49.1 Å². The minimum absolute atomic E-state index is 0.321. The third-order valence-corrected chi connectivity index (χ3v) is 5.78. The number of aromatic nitrogens is 3. The summed E-state index contributed by atoms with van der Waals surface area (Å²) in [7, 11) is 0. The van der Waals surface area contributed by atoms with E-state index >= 15 is 0 Å². The molecular formula is C25H35N3O. The predicted octanol–water partition coefficient (Wildman–Crippen LogP) is 6.90. The molecule has 0 bridgehead atoms. The predicted molar refractivity (Wildman–Crippen MR) is 121 cm³/mol. The summed E-state index contributed by atoms with van der Waals surface area (Å²) >= 11 is 0. The number of unbranched alkanes of at least 4 members (excludes halogenated alkanes) is 9. The van der Waals surface area contributed by atoms with Gasteiger partial charge in [0.15, 0.2) is 0 Å². The van der Waals surface area contributed by atoms with Crippen LogP contribution in [-0.4, -0.2) is 20.1 Å². The smallest absolute Gasteiger partial charge is 0.146 e. The molecule has 2 aromatic carbocycles. The molecule has 0 aliphatic rings. The van der Waals surface area contributed by atoms with Crippen LogP contribution in [0, 0.1) is 6.92 Å². The van der Waals surface area contributed by atoms with Crippen LogP contribution in [-0.2, 0) is 6.42 Å². The number of aryl methyl sites for hydroxylation is 1. The van der Waals surface area contributed by atoms with E-state index in [1.165, 1.54) is 57.8 Å². The van der Waals surface area contributed by atoms with E-state index in [2.05, 4.69) is 30.1 Å². The lowest BCUT2D eigenvalue weighted by Gasteiger charge is -2.12. The number of rotatable bonds is 12. The molecule has 0 unspecified atom stereocenters. The van der Waals surface area contributed by atoms with Crippen LogP contribution in [0.5, 0.6) is 5.75 Å². The molecule has 0 amide bonds. The molecule has 29 heavy (non-hydrogen) atoms. The van der Waals surface area contributed by atoms with Crippen molar-refractivity contribution in [1.82, 2.24) is 15.0 Å². The van der Waals surface area contributed by atoms with Gasteiger partial charge in [0.05, 0.1) is 0 Å². The zero-order valence-corrected chi connectivity index (χ0v) is 18.0. The highest BCUT2D eigenvalue weighted by atomic mass is 16.3. The van der Waals surface area contributed by atoms with E-state index in [0.717, 1.165) is 35.0 Å². The highest BCUT2D eigenvalue weighted by Crippen LogP contribution is 2.30. The summed E-state index contributed by atoms with van der Waals surface area (Å²) < 4.78 is 0. The lowest BCUT2D eigenvalue weighted by atomic mass is 9.99. The standard InChI is InChI=1S/C25H35N3O/c1-3-4-5-6-7-8-9-10-11-12-15-21-20(2)18-19-24(25(21)29)28-26-22-16-13-14-17-23(22)27-28/h13-14,16-19,29H,3-12,15H2,1-2H3. The number of nitrogens with zero attached hydrogens (tertiary/aromatic N) is 3. The molecule has 156 valence electrons. The van der Waals surface area contributed by atoms with Crippen molar-refractivity contribution in [1.29, 1.82) is 0 Å². The van der Waals surface area contributed by atoms with E-state index in [9.17, 15) is 5.11 Å². The van der Waals surface area contributed by atoms with E-state index in [0.29, 0.717) is 11.4 Å². The van der Waals surface area contributed by atoms with Gasteiger partial charge >= 0.3 is 0 Å². The molecule has 1 heterocycles. The average Bonchev–Trinajstić information content (AvgIpc) is 3.15. The van der Waals surface area contributed by atoms with Crippen LogP contribution in [0.4, 0.5) is 0 Å². The Hall–Kier alpha value is -2.36. The van der Waals surface area contributed by atoms with Crippen LogP contribution in [0.15, 0.2) is 36.4 Å². The lowest BCUT2D eigenvalue weighted by molar-refractivity contribution is 0.458. The molecule has 1 aromatic heterocycles. The second-order valence-corrected chi connectivity index (χ2v) is 8.14. The lowest BCUT2D eigenvalue weighted by Crippen LogP contribution is -2.02. The van der Waals surface area contributed by atoms with Crippen LogP contribution in [0.25, 0.3) is 16.7 Å². The van der Waals surface area contributed by atoms with E-state index in [4.69, 9.17) is 0 Å². The Bertz CT molecular complexity index is 867. The second kappa shape index (κ2) is 11.0. The van der Waals surface area contributed by atoms with Crippen molar-refractivity contribution in [3.05, 3.63) is 47.5 Å². The van der Waals surface area contributed by atoms with Gasteiger partial charge in [0.2, 0.25) is 0 Å². The van der Waals surface area contributed by atoms with E-state index in [1.807, 2.05) is 30.3 Å². The van der Waals surface area contributed by atoms with E-state index in [-0.39, 0.29) is 0 Å². The minimum atomic E-state index is 0.321. The zero-order valence-electron chi connectivity index (χ0n) is 18.0. The van der Waals surface area contributed by atoms with Gasteiger partial charge in [-0.2, -0.15) is 0 Å². The van der Waals surface area contributed by atoms with Crippen molar-refractivity contribution in [3.63, 3.8) is 0 Å². The molecule has 0 fully saturated rings. The number of benzene rings is 2. The molecule has 4 heteroatoms. The molecule has 0 saturated heterocycles. The third-order valence-electron chi connectivity index (χ3n) is 5.78. The van der Waals surface area contributed by atoms with Crippen molar-refractivity contribution < 1.29 is 5.11 Å². The molecule has 0 aliphatic carbocycles. The van der Waals surface area contributed by atoms with Gasteiger partial charge in [-0.1, -0.05) is 82.9 Å². The summed E-state index contributed by atoms with van der Waals surface area (Å²) in [5, 5.41) is 19.9. The van der Waals surface area contributed by atoms with Crippen molar-refractivity contribution in [2.24, 2.45) is 0 Å². The first-order valence-electron chi connectivity index (χ1n) is 11.3. The van der Waals surface area contributed by atoms with Gasteiger partial charge in [-0.25, -0.2) is 0 Å². The summed E-state index contributed by atoms with van der Waals surface area (Å²) in [4.78, 5) is 1.56. The van der Waals surface area contributed by atoms with Crippen molar-refractivity contribution in [2.75, 3.05) is 0 Å². The summed E-state index contributed by atoms with van der Waals surface area (Å²) in [6, 6.07) is 11.8. The largest absolute Gasteiger partial charge is 0.505 e. The number of phenols is 1. The Kier molecular flexibility index (Phi) is 8.09. The maximum Gasteiger partial charge on any atom is 0.146 e. The number of phenolic OH excluding ortho intramolecular Hbond substituents is 1. The van der Waals surface area contributed by atoms with Gasteiger partial charge in [-0.15, -0.1) is 15.0 Å². The molecule has 3 aromatic rings. The molecule has 0 saturated carbocycles. The Morgan fingerprint density at radius 3 is 1.90 bits per heavy atom. The van der Waals surface area contributed by atoms with Crippen LogP contribution >= 0.6 is 0 Å². The number of hydrogen-bond donors (Lipinski definition) is 1. The SMILES string of the molecule is CCCCCCCCCCCCc1c(C)ccc(-n2nc3ccccc3n2)c1O. The fraction of sp³-hybridized carbons (Fsp3) is 0.520. The van der Waals surface area contributed by atoms with E-state index in [1.54, 1.807) is 4.80 Å². The first-order valence-corrected chi connectivity index (χ1v) is 11.3. The number of fused-ring (bicyclic) bond motifs is 1. The highest BCUT2D eigenvalue weighted by molar-refractivity contribution is 5.73. The first-order chi connectivity index (χ1) is 14.2. The Balaban J connectivity index is 1.52. The first kappa shape index (κ1) is 21.4. The minimum Gasteiger partial charge on any atom is -0.505 e. The molecule has 0 aliphatic heterocycles. The fourth-order valence-corrected chi connectivity index (χ4v) is 3.96. The maximum atomic E-state index is 10.9. The number of hydrogen-bond acceptors (Lipinski definition) is 3. The van der Waals surface area contributed by atoms with Crippen molar-refractivity contribution >= 4 is 11.0 Å². The Morgan fingerprint density at radius 2 is 1.31 bits per heavy atom. The molecule has 3 rings (SSSR count). The summed E-state index contributed by atoms with van der Waals surface area (Å²) in [6.07, 6.45) is 14.1. The number of aromatic hydroxyl groups is 1. The summed E-state index contributed by atoms with van der Waals surface area (Å²) in [6.45, 7) is 4.34. The quantitative estimate of drug-likeness (QED) is 0.341. The summed E-state index contributed by atoms with van der Waals surface area (Å²) in [5.41, 5.74) is 4.50. The molecule has 0 radical (unpaired) electrons. The van der Waals surface area contributed by atoms with Crippen molar-refractivity contribution in [2.45, 2.75) is 84.5 Å². The van der Waals surface area contributed by atoms with Crippen LogP contribution < -0.4 is 0 Å². The second-order valence-electron chi connectivity index (χ2n) is 8.14. The molecule has 0 atom stereocenters. The molecule has 0 spiro atoms. The normalized spacial score (nSPS) is 11.4.